The van der Waals surface area contributed by atoms with Gasteiger partial charge in [-0.2, -0.15) is 0 Å². The molecule has 0 aromatic heterocycles. The molecule has 0 rings (SSSR count). The van der Waals surface area contributed by atoms with Crippen molar-refractivity contribution in [2.45, 2.75) is 78.1 Å². The van der Waals surface area contributed by atoms with Gasteiger partial charge in [-0.15, -0.1) is 0 Å². The van der Waals surface area contributed by atoms with E-state index in [2.05, 4.69) is 13.8 Å². The Morgan fingerprint density at radius 3 is 1.05 bits per heavy atom. The van der Waals surface area contributed by atoms with Crippen molar-refractivity contribution < 1.29 is 78.4 Å². The van der Waals surface area contributed by atoms with Crippen molar-refractivity contribution in [3.8, 4) is 0 Å². The predicted molar refractivity (Wildman–Crippen MR) is 67.3 cm³/mol. The van der Waals surface area contributed by atoms with Crippen LogP contribution in [0.1, 0.15) is 78.1 Å². The molecule has 0 radical (unpaired) electrons. The maximum absolute atomic E-state index is 8.66. The van der Waals surface area contributed by atoms with E-state index in [1.54, 1.807) is 0 Å². The fraction of sp³-hybridized carbons (Fsp3) is 1.00. The van der Waals surface area contributed by atoms with Crippen LogP contribution in [0.2, 0.25) is 0 Å². The molecule has 0 fully saturated rings. The molecule has 0 aromatic carbocycles. The van der Waals surface area contributed by atoms with E-state index in [-0.39, 0.29) is 59.1 Å². The van der Waals surface area contributed by atoms with Crippen LogP contribution < -0.4 is 68.9 Å². The minimum atomic E-state index is -5.14. The molecule has 0 saturated carbocycles. The summed E-state index contributed by atoms with van der Waals surface area (Å²) in [6.45, 7) is 4.56. The second-order valence-electron chi connectivity index (χ2n) is 4.30. The standard InChI is InChI=1S/C12H26.2Na.H3O4P/c1-3-5-7-9-11-12-10-8-6-4-2;;;1-5(2,3)4/h3-12H2,1-2H3;;;(H3,1,2,3,4)/q;2*+1;/p-2. The molecule has 4 nitrogen and oxygen atoms in total. The van der Waals surface area contributed by atoms with Gasteiger partial charge in [-0.3, -0.25) is 0 Å². The summed E-state index contributed by atoms with van der Waals surface area (Å²) < 4.78 is 8.66. The Hall–Kier alpha value is 2.11. The van der Waals surface area contributed by atoms with Crippen molar-refractivity contribution in [1.29, 1.82) is 0 Å². The Labute approximate surface area is 163 Å². The number of phosphoric acid groups is 1. The summed E-state index contributed by atoms with van der Waals surface area (Å²) in [4.78, 5) is 24.3. The predicted octanol–water partition coefficient (Wildman–Crippen LogP) is -3.26. The molecule has 19 heavy (non-hydrogen) atoms. The molecule has 0 aromatic rings. The number of hydrogen-bond acceptors (Lipinski definition) is 3. The summed E-state index contributed by atoms with van der Waals surface area (Å²) in [6.07, 6.45) is 14.4. The van der Waals surface area contributed by atoms with Gasteiger partial charge in [-0.1, -0.05) is 78.1 Å². The molecule has 0 heterocycles. The van der Waals surface area contributed by atoms with Crippen molar-refractivity contribution in [2.24, 2.45) is 0 Å². The zero-order valence-electron chi connectivity index (χ0n) is 13.2. The number of unbranched alkanes of at least 4 members (excludes halogenated alkanes) is 9. The average molecular weight is 312 g/mol. The zero-order chi connectivity index (χ0) is 13.6. The van der Waals surface area contributed by atoms with Gasteiger partial charge in [0.25, 0.3) is 0 Å². The third-order valence-corrected chi connectivity index (χ3v) is 2.46. The van der Waals surface area contributed by atoms with Gasteiger partial charge in [0.05, 0.1) is 7.82 Å². The Balaban J connectivity index is -0.000000139. The molecule has 0 saturated heterocycles. The quantitative estimate of drug-likeness (QED) is 0.275. The van der Waals surface area contributed by atoms with Crippen LogP contribution in [0, 0.1) is 0 Å². The van der Waals surface area contributed by atoms with Crippen molar-refractivity contribution in [3.63, 3.8) is 0 Å². The maximum Gasteiger partial charge on any atom is 1.00 e. The second kappa shape index (κ2) is 22.4. The molecule has 0 spiro atoms. The largest absolute Gasteiger partial charge is 1.00 e. The summed E-state index contributed by atoms with van der Waals surface area (Å²) in [6, 6.07) is 0. The molecule has 0 aliphatic heterocycles. The zero-order valence-corrected chi connectivity index (χ0v) is 18.1. The molecular formula is C12H27Na2O4P. The fourth-order valence-electron chi connectivity index (χ4n) is 1.56. The van der Waals surface area contributed by atoms with Gasteiger partial charge in [-0.05, 0) is 0 Å². The van der Waals surface area contributed by atoms with Crippen molar-refractivity contribution in [2.75, 3.05) is 0 Å². The normalized spacial score (nSPS) is 9.74. The Morgan fingerprint density at radius 2 is 0.895 bits per heavy atom. The minimum absolute atomic E-state index is 0. The van der Waals surface area contributed by atoms with Crippen LogP contribution in [0.3, 0.4) is 0 Å². The van der Waals surface area contributed by atoms with Crippen LogP contribution in [0.25, 0.3) is 0 Å². The molecule has 0 amide bonds. The summed E-state index contributed by atoms with van der Waals surface area (Å²) in [5, 5.41) is 0. The van der Waals surface area contributed by atoms with Crippen molar-refractivity contribution in [1.82, 2.24) is 0 Å². The van der Waals surface area contributed by atoms with Gasteiger partial charge in [0.1, 0.15) is 0 Å². The molecule has 0 aliphatic rings. The summed E-state index contributed by atoms with van der Waals surface area (Å²) in [5.41, 5.74) is 0. The molecule has 0 aliphatic carbocycles. The first kappa shape index (κ1) is 29.2. The third kappa shape index (κ3) is 53.4. The first-order chi connectivity index (χ1) is 7.91. The molecule has 106 valence electrons. The van der Waals surface area contributed by atoms with Crippen LogP contribution >= 0.6 is 7.82 Å². The first-order valence-electron chi connectivity index (χ1n) is 6.66. The van der Waals surface area contributed by atoms with E-state index < -0.39 is 7.82 Å². The van der Waals surface area contributed by atoms with Gasteiger partial charge in [0.15, 0.2) is 0 Å². The van der Waals surface area contributed by atoms with Gasteiger partial charge in [0, 0.05) is 0 Å². The maximum atomic E-state index is 8.66. The Bertz CT molecular complexity index is 170. The second-order valence-corrected chi connectivity index (χ2v) is 5.23. The molecule has 0 bridgehead atoms. The average Bonchev–Trinajstić information content (AvgIpc) is 2.20. The minimum Gasteiger partial charge on any atom is -0.790 e. The Morgan fingerprint density at radius 1 is 0.737 bits per heavy atom. The summed E-state index contributed by atoms with van der Waals surface area (Å²) >= 11 is 0. The van der Waals surface area contributed by atoms with Crippen LogP contribution in [0.15, 0.2) is 0 Å². The van der Waals surface area contributed by atoms with E-state index in [1.165, 1.54) is 64.2 Å². The third-order valence-electron chi connectivity index (χ3n) is 2.46. The smallest absolute Gasteiger partial charge is 0.790 e. The van der Waals surface area contributed by atoms with Gasteiger partial charge in [0.2, 0.25) is 0 Å². The van der Waals surface area contributed by atoms with E-state index in [0.717, 1.165) is 0 Å². The van der Waals surface area contributed by atoms with E-state index in [9.17, 15) is 0 Å². The summed E-state index contributed by atoms with van der Waals surface area (Å²) in [7, 11) is -5.14. The van der Waals surface area contributed by atoms with Crippen LogP contribution in [-0.2, 0) is 4.57 Å². The molecule has 7 heteroatoms. The molecule has 1 N–H and O–H groups in total. The van der Waals surface area contributed by atoms with E-state index in [0.29, 0.717) is 0 Å². The molecule has 0 unspecified atom stereocenters. The van der Waals surface area contributed by atoms with Crippen LogP contribution in [0.4, 0.5) is 0 Å². The Kier molecular flexibility index (Phi) is 34.4. The molecular weight excluding hydrogens is 285 g/mol. The van der Waals surface area contributed by atoms with Crippen LogP contribution in [-0.4, -0.2) is 4.89 Å². The van der Waals surface area contributed by atoms with E-state index in [1.807, 2.05) is 0 Å². The number of hydrogen-bond donors (Lipinski definition) is 1. The summed E-state index contributed by atoms with van der Waals surface area (Å²) in [5.74, 6) is 0. The van der Waals surface area contributed by atoms with Crippen LogP contribution in [0.5, 0.6) is 0 Å². The topological polar surface area (TPSA) is 83.4 Å². The van der Waals surface area contributed by atoms with Crippen molar-refractivity contribution >= 4 is 7.82 Å². The molecule has 0 atom stereocenters. The van der Waals surface area contributed by atoms with Gasteiger partial charge in [-0.25, -0.2) is 0 Å². The monoisotopic (exact) mass is 312 g/mol. The first-order valence-corrected chi connectivity index (χ1v) is 8.16. The van der Waals surface area contributed by atoms with E-state index >= 15 is 0 Å². The van der Waals surface area contributed by atoms with E-state index in [4.69, 9.17) is 19.2 Å². The van der Waals surface area contributed by atoms with Crippen molar-refractivity contribution in [3.05, 3.63) is 0 Å². The number of rotatable bonds is 9. The van der Waals surface area contributed by atoms with Gasteiger partial charge < -0.3 is 19.2 Å². The van der Waals surface area contributed by atoms with Gasteiger partial charge >= 0.3 is 59.1 Å². The SMILES string of the molecule is CCCCCCCCCCCC.O=P([O-])([O-])O.[Na+].[Na+]. The fourth-order valence-corrected chi connectivity index (χ4v) is 1.56.